The van der Waals surface area contributed by atoms with Crippen molar-refractivity contribution < 1.29 is 5.11 Å². The molecule has 0 aliphatic rings. The summed E-state index contributed by atoms with van der Waals surface area (Å²) in [4.78, 5) is 7.64. The summed E-state index contributed by atoms with van der Waals surface area (Å²) in [6.07, 6.45) is 1.68. The number of imidazole rings is 1. The Bertz CT molecular complexity index is 505. The molecule has 100 valence electrons. The van der Waals surface area contributed by atoms with Crippen LogP contribution in [-0.4, -0.2) is 40.7 Å². The van der Waals surface area contributed by atoms with Crippen LogP contribution >= 0.6 is 11.3 Å². The molecule has 0 aliphatic carbocycles. The summed E-state index contributed by atoms with van der Waals surface area (Å²) < 4.78 is 2.11. The molecule has 5 nitrogen and oxygen atoms in total. The van der Waals surface area contributed by atoms with E-state index in [0.717, 1.165) is 29.6 Å². The quantitative estimate of drug-likeness (QED) is 0.830. The lowest BCUT2D eigenvalue weighted by molar-refractivity contribution is 0.201. The van der Waals surface area contributed by atoms with Crippen LogP contribution in [0.5, 0.6) is 0 Å². The first-order valence-electron chi connectivity index (χ1n) is 6.17. The highest BCUT2D eigenvalue weighted by atomic mass is 32.1. The van der Waals surface area contributed by atoms with E-state index in [4.69, 9.17) is 0 Å². The van der Waals surface area contributed by atoms with E-state index in [-0.39, 0.29) is 6.10 Å². The number of likely N-dealkylation sites (N-methyl/N-ethyl adjacent to an activating group) is 1. The molecule has 0 radical (unpaired) electrons. The van der Waals surface area contributed by atoms with E-state index in [2.05, 4.69) is 21.6 Å². The Morgan fingerprint density at radius 1 is 1.61 bits per heavy atom. The zero-order valence-electron chi connectivity index (χ0n) is 11.1. The molecule has 2 aromatic rings. The number of thiazole rings is 1. The fourth-order valence-electron chi connectivity index (χ4n) is 2.02. The minimum Gasteiger partial charge on any atom is -0.392 e. The first-order valence-corrected chi connectivity index (χ1v) is 7.05. The average molecular weight is 268 g/mol. The molecule has 2 aromatic heterocycles. The smallest absolute Gasteiger partial charge is 0.195 e. The van der Waals surface area contributed by atoms with Gasteiger partial charge in [0.15, 0.2) is 10.8 Å². The fourth-order valence-corrected chi connectivity index (χ4v) is 2.75. The molecule has 2 rings (SSSR count). The zero-order valence-corrected chi connectivity index (χ0v) is 11.9. The number of hydrogen-bond acceptors (Lipinski definition) is 5. The second kappa shape index (κ2) is 5.69. The monoisotopic (exact) mass is 268 g/mol. The van der Waals surface area contributed by atoms with Gasteiger partial charge in [0.25, 0.3) is 0 Å². The Morgan fingerprint density at radius 2 is 2.39 bits per heavy atom. The number of aromatic nitrogens is 2. The minimum atomic E-state index is -0.360. The molecule has 6 heteroatoms. The van der Waals surface area contributed by atoms with E-state index >= 15 is 0 Å². The maximum Gasteiger partial charge on any atom is 0.195 e. The molecule has 0 saturated carbocycles. The van der Waals surface area contributed by atoms with Gasteiger partial charge < -0.3 is 15.3 Å². The fraction of sp³-hybridized carbons (Fsp3) is 0.583. The van der Waals surface area contributed by atoms with Crippen molar-refractivity contribution >= 4 is 22.1 Å². The Balaban J connectivity index is 2.32. The van der Waals surface area contributed by atoms with Crippen molar-refractivity contribution in [3.8, 4) is 0 Å². The van der Waals surface area contributed by atoms with Crippen LogP contribution in [0.1, 0.15) is 19.5 Å². The van der Waals surface area contributed by atoms with E-state index < -0.39 is 0 Å². The van der Waals surface area contributed by atoms with E-state index in [0.29, 0.717) is 6.54 Å². The van der Waals surface area contributed by atoms with E-state index in [1.165, 1.54) is 0 Å². The third-order valence-corrected chi connectivity index (χ3v) is 3.54. The van der Waals surface area contributed by atoms with Gasteiger partial charge in [-0.05, 0) is 13.5 Å². The van der Waals surface area contributed by atoms with Gasteiger partial charge in [-0.3, -0.25) is 4.40 Å². The number of rotatable bonds is 6. The molecule has 2 heterocycles. The predicted molar refractivity (Wildman–Crippen MR) is 75.4 cm³/mol. The van der Waals surface area contributed by atoms with Gasteiger partial charge >= 0.3 is 0 Å². The lowest BCUT2D eigenvalue weighted by Crippen LogP contribution is -2.28. The molecule has 2 N–H and O–H groups in total. The van der Waals surface area contributed by atoms with Crippen molar-refractivity contribution in [2.75, 3.05) is 25.0 Å². The summed E-state index contributed by atoms with van der Waals surface area (Å²) in [5.74, 6) is 0.948. The first kappa shape index (κ1) is 13.3. The number of fused-ring (bicyclic) bond motifs is 1. The summed E-state index contributed by atoms with van der Waals surface area (Å²) >= 11 is 1.63. The normalized spacial score (nSPS) is 13.1. The summed E-state index contributed by atoms with van der Waals surface area (Å²) in [6, 6.07) is 0. The molecule has 0 bridgehead atoms. The van der Waals surface area contributed by atoms with Gasteiger partial charge in [0.05, 0.1) is 11.8 Å². The third-order valence-electron chi connectivity index (χ3n) is 2.78. The minimum absolute atomic E-state index is 0.360. The number of aliphatic hydroxyl groups is 1. The lowest BCUT2D eigenvalue weighted by atomic mass is 10.3. The van der Waals surface area contributed by atoms with Crippen molar-refractivity contribution in [1.29, 1.82) is 0 Å². The highest BCUT2D eigenvalue weighted by molar-refractivity contribution is 7.15. The second-order valence-corrected chi connectivity index (χ2v) is 5.32. The first-order chi connectivity index (χ1) is 8.63. The van der Waals surface area contributed by atoms with Crippen LogP contribution in [-0.2, 0) is 6.54 Å². The van der Waals surface area contributed by atoms with Gasteiger partial charge in [-0.2, -0.15) is 0 Å². The second-order valence-electron chi connectivity index (χ2n) is 4.45. The van der Waals surface area contributed by atoms with Gasteiger partial charge in [0, 0.05) is 31.7 Å². The highest BCUT2D eigenvalue weighted by Gasteiger charge is 2.16. The molecule has 0 fully saturated rings. The Morgan fingerprint density at radius 3 is 3.06 bits per heavy atom. The van der Waals surface area contributed by atoms with E-state index in [1.807, 2.05) is 23.5 Å². The maximum atomic E-state index is 9.49. The number of anilines is 1. The largest absolute Gasteiger partial charge is 0.392 e. The number of nitrogens with zero attached hydrogens (tertiary/aromatic N) is 3. The Labute approximate surface area is 111 Å². The summed E-state index contributed by atoms with van der Waals surface area (Å²) in [5, 5.41) is 14.9. The van der Waals surface area contributed by atoms with Gasteiger partial charge in [-0.15, -0.1) is 11.3 Å². The topological polar surface area (TPSA) is 52.8 Å². The van der Waals surface area contributed by atoms with Crippen molar-refractivity contribution in [1.82, 2.24) is 14.7 Å². The number of nitrogens with one attached hydrogen (secondary N) is 1. The average Bonchev–Trinajstić information content (AvgIpc) is 2.85. The predicted octanol–water partition coefficient (Wildman–Crippen LogP) is 1.32. The maximum absolute atomic E-state index is 9.49. The standard InChI is InChI=1S/C12H20N4OS/c1-4-13-7-10-11(15(3)8-9(2)17)14-12-16(10)5-6-18-12/h5-6,9,13,17H,4,7-8H2,1-3H3. The molecule has 18 heavy (non-hydrogen) atoms. The molecule has 0 spiro atoms. The van der Waals surface area contributed by atoms with Gasteiger partial charge in [-0.1, -0.05) is 6.92 Å². The third kappa shape index (κ3) is 2.66. The molecule has 0 aromatic carbocycles. The molecule has 0 saturated heterocycles. The van der Waals surface area contributed by atoms with Crippen molar-refractivity contribution in [2.45, 2.75) is 26.5 Å². The van der Waals surface area contributed by atoms with Crippen LogP contribution in [0.4, 0.5) is 5.82 Å². The molecule has 0 amide bonds. The Hall–Kier alpha value is -1.11. The SMILES string of the molecule is CCNCc1c(N(C)CC(C)O)nc2sccn12. The Kier molecular flexibility index (Phi) is 4.21. The zero-order chi connectivity index (χ0) is 13.1. The van der Waals surface area contributed by atoms with Gasteiger partial charge in [0.1, 0.15) is 0 Å². The van der Waals surface area contributed by atoms with Crippen LogP contribution in [0, 0.1) is 0 Å². The van der Waals surface area contributed by atoms with Crippen LogP contribution in [0.3, 0.4) is 0 Å². The van der Waals surface area contributed by atoms with Crippen molar-refractivity contribution in [2.24, 2.45) is 0 Å². The van der Waals surface area contributed by atoms with Gasteiger partial charge in [0.2, 0.25) is 0 Å². The molecule has 0 aliphatic heterocycles. The molecule has 1 atom stereocenters. The number of aliphatic hydroxyl groups excluding tert-OH is 1. The van der Waals surface area contributed by atoms with E-state index in [1.54, 1.807) is 18.3 Å². The number of hydrogen-bond donors (Lipinski definition) is 2. The van der Waals surface area contributed by atoms with Crippen LogP contribution in [0.2, 0.25) is 0 Å². The molecular weight excluding hydrogens is 248 g/mol. The molecular formula is C12H20N4OS. The highest BCUT2D eigenvalue weighted by Crippen LogP contribution is 2.24. The van der Waals surface area contributed by atoms with Crippen LogP contribution in [0.15, 0.2) is 11.6 Å². The summed E-state index contributed by atoms with van der Waals surface area (Å²) in [7, 11) is 1.97. The van der Waals surface area contributed by atoms with Gasteiger partial charge in [-0.25, -0.2) is 4.98 Å². The van der Waals surface area contributed by atoms with Crippen molar-refractivity contribution in [3.63, 3.8) is 0 Å². The summed E-state index contributed by atoms with van der Waals surface area (Å²) in [5.41, 5.74) is 1.15. The van der Waals surface area contributed by atoms with Crippen LogP contribution in [0.25, 0.3) is 4.96 Å². The molecule has 1 unspecified atom stereocenters. The lowest BCUT2D eigenvalue weighted by Gasteiger charge is -2.20. The van der Waals surface area contributed by atoms with Crippen molar-refractivity contribution in [3.05, 3.63) is 17.3 Å². The van der Waals surface area contributed by atoms with E-state index in [9.17, 15) is 5.11 Å². The summed E-state index contributed by atoms with van der Waals surface area (Å²) in [6.45, 7) is 6.18. The van der Waals surface area contributed by atoms with Crippen LogP contribution < -0.4 is 10.2 Å².